The number of esters is 1. The third kappa shape index (κ3) is 5.82. The van der Waals surface area contributed by atoms with Crippen molar-refractivity contribution in [1.29, 1.82) is 0 Å². The van der Waals surface area contributed by atoms with Gasteiger partial charge in [-0.2, -0.15) is 0 Å². The van der Waals surface area contributed by atoms with Gasteiger partial charge in [-0.15, -0.1) is 10.2 Å². The average molecular weight is 530 g/mol. The number of amides is 2. The Balaban J connectivity index is 1.32. The number of nitrogens with one attached hydrogen (secondary N) is 2. The van der Waals surface area contributed by atoms with Gasteiger partial charge in [-0.25, -0.2) is 19.6 Å². The Morgan fingerprint density at radius 2 is 1.87 bits per heavy atom. The maximum Gasteiger partial charge on any atom is 0.376 e. The van der Waals surface area contributed by atoms with Gasteiger partial charge in [-0.05, 0) is 43.0 Å². The van der Waals surface area contributed by atoms with Crippen molar-refractivity contribution >= 4 is 23.5 Å². The molecule has 39 heavy (non-hydrogen) atoms. The van der Waals surface area contributed by atoms with E-state index in [1.54, 1.807) is 19.3 Å². The largest absolute Gasteiger partial charge is 0.484 e. The summed E-state index contributed by atoms with van der Waals surface area (Å²) < 4.78 is 13.2. The van der Waals surface area contributed by atoms with Gasteiger partial charge in [-0.3, -0.25) is 9.72 Å². The lowest BCUT2D eigenvalue weighted by Crippen LogP contribution is -2.36. The molecular weight excluding hydrogens is 498 g/mol. The van der Waals surface area contributed by atoms with Crippen LogP contribution < -0.4 is 15.4 Å². The van der Waals surface area contributed by atoms with Crippen LogP contribution in [0.25, 0.3) is 5.65 Å². The molecule has 1 aliphatic carbocycles. The summed E-state index contributed by atoms with van der Waals surface area (Å²) in [5.74, 6) is 0.210. The second kappa shape index (κ2) is 10.7. The van der Waals surface area contributed by atoms with Crippen LogP contribution in [-0.4, -0.2) is 43.2 Å². The second-order valence-corrected chi connectivity index (χ2v) is 10.4. The normalized spacial score (nSPS) is 16.8. The van der Waals surface area contributed by atoms with Crippen LogP contribution in [0.3, 0.4) is 0 Å². The minimum Gasteiger partial charge on any atom is -0.484 e. The van der Waals surface area contributed by atoms with E-state index in [0.717, 1.165) is 16.8 Å². The van der Waals surface area contributed by atoms with E-state index in [0.29, 0.717) is 24.3 Å². The Morgan fingerprint density at radius 3 is 2.64 bits per heavy atom. The fourth-order valence-corrected chi connectivity index (χ4v) is 4.56. The lowest BCUT2D eigenvalue weighted by Gasteiger charge is -2.32. The van der Waals surface area contributed by atoms with E-state index in [-0.39, 0.29) is 35.8 Å². The molecule has 3 heterocycles. The van der Waals surface area contributed by atoms with Gasteiger partial charge in [0.1, 0.15) is 24.0 Å². The van der Waals surface area contributed by atoms with Gasteiger partial charge < -0.3 is 14.8 Å². The minimum absolute atomic E-state index is 0.0905. The molecule has 0 bridgehead atoms. The molecule has 3 aromatic heterocycles. The number of ether oxygens (including phenoxy) is 2. The van der Waals surface area contributed by atoms with Crippen molar-refractivity contribution in [2.75, 3.05) is 11.9 Å². The van der Waals surface area contributed by atoms with Crippen LogP contribution in [0.15, 0.2) is 55.0 Å². The van der Waals surface area contributed by atoms with E-state index in [1.165, 1.54) is 0 Å². The summed E-state index contributed by atoms with van der Waals surface area (Å²) in [4.78, 5) is 34.0. The monoisotopic (exact) mass is 529 g/mol. The number of pyridine rings is 1. The van der Waals surface area contributed by atoms with Gasteiger partial charge in [0.15, 0.2) is 5.65 Å². The number of hydrogen-bond donors (Lipinski definition) is 2. The summed E-state index contributed by atoms with van der Waals surface area (Å²) in [5, 5.41) is 13.8. The van der Waals surface area contributed by atoms with Crippen LogP contribution in [0.2, 0.25) is 0 Å². The average Bonchev–Trinajstić information content (AvgIpc) is 3.37. The molecule has 2 N–H and O–H groups in total. The molecule has 11 nitrogen and oxygen atoms in total. The predicted octanol–water partition coefficient (Wildman–Crippen LogP) is 4.77. The van der Waals surface area contributed by atoms with Gasteiger partial charge in [0.2, 0.25) is 5.82 Å². The van der Waals surface area contributed by atoms with Crippen molar-refractivity contribution in [2.45, 2.75) is 58.1 Å². The number of rotatable bonds is 6. The van der Waals surface area contributed by atoms with Crippen LogP contribution >= 0.6 is 0 Å². The van der Waals surface area contributed by atoms with Crippen molar-refractivity contribution in [3.05, 3.63) is 77.6 Å². The molecule has 2 amide bonds. The quantitative estimate of drug-likeness (QED) is 0.341. The standard InChI is InChI=1S/C28H31N7O4/c1-5-38-26(36)25-31-22(28(2,3)4)14-23(32-25)33-27(37)30-20-11-12-21(19-9-7-6-8-18(19)20)39-17-10-13-24-34-29-16-35(24)15-17/h6-10,13-16,20-21H,5,11-12H2,1-4H3,(H2,30,31,32,33,37). The number of urea groups is 1. The fourth-order valence-electron chi connectivity index (χ4n) is 4.56. The zero-order valence-electron chi connectivity index (χ0n) is 22.3. The molecule has 5 rings (SSSR count). The molecule has 11 heteroatoms. The first-order valence-corrected chi connectivity index (χ1v) is 12.9. The number of carbonyl (C=O) groups excluding carboxylic acids is 2. The highest BCUT2D eigenvalue weighted by molar-refractivity contribution is 5.90. The van der Waals surface area contributed by atoms with Crippen LogP contribution in [0.5, 0.6) is 5.75 Å². The summed E-state index contributed by atoms with van der Waals surface area (Å²) in [7, 11) is 0. The van der Waals surface area contributed by atoms with Crippen LogP contribution in [0.4, 0.5) is 10.6 Å². The van der Waals surface area contributed by atoms with E-state index in [1.807, 2.05) is 67.8 Å². The Morgan fingerprint density at radius 1 is 1.08 bits per heavy atom. The summed E-state index contributed by atoms with van der Waals surface area (Å²) >= 11 is 0. The Hall–Kier alpha value is -4.54. The van der Waals surface area contributed by atoms with Crippen LogP contribution in [0.1, 0.15) is 80.1 Å². The van der Waals surface area contributed by atoms with Crippen molar-refractivity contribution in [3.8, 4) is 5.75 Å². The number of aromatic nitrogens is 5. The highest BCUT2D eigenvalue weighted by atomic mass is 16.5. The first-order chi connectivity index (χ1) is 18.7. The molecule has 0 saturated carbocycles. The number of benzene rings is 1. The summed E-state index contributed by atoms with van der Waals surface area (Å²) in [6, 6.07) is 12.7. The third-order valence-corrected chi connectivity index (χ3v) is 6.48. The van der Waals surface area contributed by atoms with Gasteiger partial charge >= 0.3 is 12.0 Å². The number of carbonyl (C=O) groups is 2. The molecule has 0 aliphatic heterocycles. The molecule has 1 aliphatic rings. The number of hydrogen-bond acceptors (Lipinski definition) is 8. The smallest absolute Gasteiger partial charge is 0.376 e. The van der Waals surface area contributed by atoms with Crippen molar-refractivity contribution in [1.82, 2.24) is 29.9 Å². The maximum absolute atomic E-state index is 13.1. The van der Waals surface area contributed by atoms with Gasteiger partial charge in [0.25, 0.3) is 0 Å². The van der Waals surface area contributed by atoms with E-state index in [2.05, 4.69) is 30.8 Å². The molecule has 0 radical (unpaired) electrons. The number of fused-ring (bicyclic) bond motifs is 2. The fraction of sp³-hybridized carbons (Fsp3) is 0.357. The maximum atomic E-state index is 13.1. The van der Waals surface area contributed by atoms with Crippen LogP contribution in [-0.2, 0) is 10.2 Å². The minimum atomic E-state index is -0.636. The molecule has 202 valence electrons. The Kier molecular flexibility index (Phi) is 7.14. The molecule has 1 aromatic carbocycles. The van der Waals surface area contributed by atoms with E-state index < -0.39 is 12.0 Å². The first kappa shape index (κ1) is 26.1. The van der Waals surface area contributed by atoms with Gasteiger partial charge in [0.05, 0.1) is 24.5 Å². The third-order valence-electron chi connectivity index (χ3n) is 6.48. The van der Waals surface area contributed by atoms with Gasteiger partial charge in [0, 0.05) is 11.5 Å². The molecule has 2 unspecified atom stereocenters. The molecule has 0 saturated heterocycles. The van der Waals surface area contributed by atoms with Crippen molar-refractivity contribution < 1.29 is 19.1 Å². The SMILES string of the molecule is CCOC(=O)c1nc(NC(=O)NC2CCC(Oc3ccc4nncn4c3)c3ccccc32)cc(C(C)(C)C)n1. The Bertz CT molecular complexity index is 1510. The van der Waals surface area contributed by atoms with E-state index in [9.17, 15) is 9.59 Å². The molecule has 4 aromatic rings. The number of nitrogens with zero attached hydrogens (tertiary/aromatic N) is 5. The van der Waals surface area contributed by atoms with E-state index >= 15 is 0 Å². The molecule has 0 fully saturated rings. The second-order valence-electron chi connectivity index (χ2n) is 10.4. The van der Waals surface area contributed by atoms with Crippen molar-refractivity contribution in [3.63, 3.8) is 0 Å². The first-order valence-electron chi connectivity index (χ1n) is 12.9. The van der Waals surface area contributed by atoms with E-state index in [4.69, 9.17) is 9.47 Å². The zero-order chi connectivity index (χ0) is 27.6. The zero-order valence-corrected chi connectivity index (χ0v) is 22.3. The highest BCUT2D eigenvalue weighted by Crippen LogP contribution is 2.38. The Labute approximate surface area is 226 Å². The lowest BCUT2D eigenvalue weighted by molar-refractivity contribution is 0.0511. The van der Waals surface area contributed by atoms with Gasteiger partial charge in [-0.1, -0.05) is 45.0 Å². The number of anilines is 1. The van der Waals surface area contributed by atoms with Crippen molar-refractivity contribution in [2.24, 2.45) is 0 Å². The molecule has 2 atom stereocenters. The molecule has 0 spiro atoms. The summed E-state index contributed by atoms with van der Waals surface area (Å²) in [6.45, 7) is 7.82. The lowest BCUT2D eigenvalue weighted by atomic mass is 9.85. The summed E-state index contributed by atoms with van der Waals surface area (Å²) in [6.07, 6.45) is 4.70. The topological polar surface area (TPSA) is 133 Å². The molecular formula is C28H31N7O4. The summed E-state index contributed by atoms with van der Waals surface area (Å²) in [5.41, 5.74) is 2.99. The predicted molar refractivity (Wildman–Crippen MR) is 144 cm³/mol. The van der Waals surface area contributed by atoms with Crippen LogP contribution in [0, 0.1) is 0 Å². The highest BCUT2D eigenvalue weighted by Gasteiger charge is 2.30.